The maximum atomic E-state index is 11.3. The molecule has 0 fully saturated rings. The van der Waals surface area contributed by atoms with Gasteiger partial charge in [-0.05, 0) is 6.92 Å². The monoisotopic (exact) mass is 283 g/mol. The minimum absolute atomic E-state index is 0.286. The van der Waals surface area contributed by atoms with E-state index < -0.39 is 9.05 Å². The molecule has 1 rings (SSSR count). The molecule has 0 aliphatic rings. The fraction of sp³-hybridized carbons (Fsp3) is 0.750. The van der Waals surface area contributed by atoms with Crippen LogP contribution in [-0.4, -0.2) is 44.0 Å². The van der Waals surface area contributed by atoms with E-state index in [2.05, 4.69) is 10.2 Å². The highest BCUT2D eigenvalue weighted by Gasteiger charge is 2.24. The van der Waals surface area contributed by atoms with Crippen molar-refractivity contribution < 1.29 is 17.9 Å². The Labute approximate surface area is 104 Å². The van der Waals surface area contributed by atoms with Crippen LogP contribution < -0.4 is 0 Å². The van der Waals surface area contributed by atoms with Crippen LogP contribution in [0.15, 0.2) is 5.16 Å². The Kier molecular flexibility index (Phi) is 4.87. The molecule has 0 N–H and O–H groups in total. The average molecular weight is 284 g/mol. The zero-order chi connectivity index (χ0) is 13.1. The third kappa shape index (κ3) is 3.38. The summed E-state index contributed by atoms with van der Waals surface area (Å²) in [6, 6.07) is 0. The second-order valence-corrected chi connectivity index (χ2v) is 5.76. The van der Waals surface area contributed by atoms with Crippen LogP contribution >= 0.6 is 10.7 Å². The Morgan fingerprint density at radius 2 is 2.06 bits per heavy atom. The smallest absolute Gasteiger partial charge is 0.296 e. The SMILES string of the molecule is COCCn1c(C(C)OC)nnc1S(=O)(=O)Cl. The van der Waals surface area contributed by atoms with Gasteiger partial charge in [-0.25, -0.2) is 8.42 Å². The quantitative estimate of drug-likeness (QED) is 0.709. The first-order chi connectivity index (χ1) is 7.91. The van der Waals surface area contributed by atoms with Crippen molar-refractivity contribution in [1.82, 2.24) is 14.8 Å². The summed E-state index contributed by atoms with van der Waals surface area (Å²) in [6.07, 6.45) is -0.383. The molecular formula is C8H14ClN3O4S. The molecule has 7 nitrogen and oxygen atoms in total. The summed E-state index contributed by atoms with van der Waals surface area (Å²) in [4.78, 5) is 0. The molecule has 1 heterocycles. The van der Waals surface area contributed by atoms with Gasteiger partial charge in [0.1, 0.15) is 6.10 Å². The van der Waals surface area contributed by atoms with Gasteiger partial charge in [-0.2, -0.15) is 0 Å². The predicted octanol–water partition coefficient (Wildman–Crippen LogP) is 0.559. The zero-order valence-corrected chi connectivity index (χ0v) is 11.3. The van der Waals surface area contributed by atoms with Crippen LogP contribution in [0.5, 0.6) is 0 Å². The molecule has 0 spiro atoms. The van der Waals surface area contributed by atoms with E-state index in [0.717, 1.165) is 0 Å². The van der Waals surface area contributed by atoms with Crippen molar-refractivity contribution in [2.24, 2.45) is 0 Å². The van der Waals surface area contributed by atoms with Gasteiger partial charge < -0.3 is 9.47 Å². The topological polar surface area (TPSA) is 83.3 Å². The van der Waals surface area contributed by atoms with E-state index in [-0.39, 0.29) is 17.8 Å². The second-order valence-electron chi connectivity index (χ2n) is 3.30. The molecule has 0 saturated carbocycles. The number of methoxy groups -OCH3 is 2. The van der Waals surface area contributed by atoms with Crippen molar-refractivity contribution in [2.75, 3.05) is 20.8 Å². The Hall–Kier alpha value is -0.700. The van der Waals surface area contributed by atoms with E-state index in [4.69, 9.17) is 20.2 Å². The summed E-state index contributed by atoms with van der Waals surface area (Å²) < 4.78 is 34.0. The van der Waals surface area contributed by atoms with Gasteiger partial charge in [0, 0.05) is 24.9 Å². The van der Waals surface area contributed by atoms with Crippen molar-refractivity contribution in [1.29, 1.82) is 0 Å². The number of nitrogens with zero attached hydrogens (tertiary/aromatic N) is 3. The standard InChI is InChI=1S/C8H14ClN3O4S/c1-6(16-3)7-10-11-8(17(9,13)14)12(7)4-5-15-2/h6H,4-5H2,1-3H3. The van der Waals surface area contributed by atoms with Crippen LogP contribution in [0.3, 0.4) is 0 Å². The zero-order valence-electron chi connectivity index (χ0n) is 9.75. The molecule has 0 saturated heterocycles. The van der Waals surface area contributed by atoms with Gasteiger partial charge in [0.15, 0.2) is 5.82 Å². The number of aromatic nitrogens is 3. The average Bonchev–Trinajstić information content (AvgIpc) is 2.68. The molecule has 1 aromatic heterocycles. The maximum Gasteiger partial charge on any atom is 0.296 e. The maximum absolute atomic E-state index is 11.3. The van der Waals surface area contributed by atoms with Gasteiger partial charge in [0.05, 0.1) is 13.2 Å². The number of halogens is 1. The Bertz CT molecular complexity index is 473. The fourth-order valence-electron chi connectivity index (χ4n) is 1.28. The Balaban J connectivity index is 3.20. The second kappa shape index (κ2) is 5.76. The number of hydrogen-bond donors (Lipinski definition) is 0. The van der Waals surface area contributed by atoms with Gasteiger partial charge in [0.2, 0.25) is 0 Å². The van der Waals surface area contributed by atoms with E-state index in [9.17, 15) is 8.42 Å². The Morgan fingerprint density at radius 3 is 2.53 bits per heavy atom. The highest BCUT2D eigenvalue weighted by atomic mass is 35.7. The number of ether oxygens (including phenoxy) is 2. The summed E-state index contributed by atoms with van der Waals surface area (Å²) in [6.45, 7) is 2.34. The highest BCUT2D eigenvalue weighted by molar-refractivity contribution is 8.13. The third-order valence-electron chi connectivity index (χ3n) is 2.20. The molecule has 0 amide bonds. The molecule has 0 aromatic carbocycles. The molecule has 1 unspecified atom stereocenters. The molecule has 0 aliphatic heterocycles. The first-order valence-electron chi connectivity index (χ1n) is 4.81. The van der Waals surface area contributed by atoms with E-state index in [1.165, 1.54) is 18.8 Å². The number of hydrogen-bond acceptors (Lipinski definition) is 6. The minimum atomic E-state index is -3.93. The van der Waals surface area contributed by atoms with Crippen LogP contribution in [0, 0.1) is 0 Å². The lowest BCUT2D eigenvalue weighted by Gasteiger charge is -2.12. The lowest BCUT2D eigenvalue weighted by atomic mass is 10.4. The largest absolute Gasteiger partial charge is 0.383 e. The lowest BCUT2D eigenvalue weighted by molar-refractivity contribution is 0.105. The molecular weight excluding hydrogens is 270 g/mol. The van der Waals surface area contributed by atoms with E-state index in [1.54, 1.807) is 6.92 Å². The number of rotatable bonds is 6. The molecule has 0 radical (unpaired) electrons. The van der Waals surface area contributed by atoms with E-state index in [1.807, 2.05) is 0 Å². The molecule has 0 aliphatic carbocycles. The molecule has 98 valence electrons. The van der Waals surface area contributed by atoms with Crippen molar-refractivity contribution in [3.8, 4) is 0 Å². The van der Waals surface area contributed by atoms with Gasteiger partial charge in [-0.1, -0.05) is 0 Å². The van der Waals surface area contributed by atoms with Crippen LogP contribution in [0.4, 0.5) is 0 Å². The van der Waals surface area contributed by atoms with Crippen molar-refractivity contribution >= 4 is 19.7 Å². The van der Waals surface area contributed by atoms with Gasteiger partial charge >= 0.3 is 0 Å². The molecule has 1 atom stereocenters. The lowest BCUT2D eigenvalue weighted by Crippen LogP contribution is -2.15. The predicted molar refractivity (Wildman–Crippen MR) is 60.4 cm³/mol. The van der Waals surface area contributed by atoms with Gasteiger partial charge in [-0.15, -0.1) is 10.2 Å². The highest BCUT2D eigenvalue weighted by Crippen LogP contribution is 2.19. The summed E-state index contributed by atoms with van der Waals surface area (Å²) >= 11 is 0. The normalized spacial score (nSPS) is 13.9. The Morgan fingerprint density at radius 1 is 1.41 bits per heavy atom. The van der Waals surface area contributed by atoms with Crippen molar-refractivity contribution in [3.63, 3.8) is 0 Å². The molecule has 17 heavy (non-hydrogen) atoms. The van der Waals surface area contributed by atoms with Crippen LogP contribution in [0.2, 0.25) is 0 Å². The van der Waals surface area contributed by atoms with E-state index in [0.29, 0.717) is 12.4 Å². The first kappa shape index (κ1) is 14.4. The molecule has 9 heteroatoms. The van der Waals surface area contributed by atoms with Crippen LogP contribution in [0.1, 0.15) is 18.9 Å². The van der Waals surface area contributed by atoms with Crippen molar-refractivity contribution in [3.05, 3.63) is 5.82 Å². The molecule has 0 bridgehead atoms. The van der Waals surface area contributed by atoms with Crippen LogP contribution in [0.25, 0.3) is 0 Å². The van der Waals surface area contributed by atoms with Gasteiger partial charge in [0.25, 0.3) is 14.2 Å². The first-order valence-corrected chi connectivity index (χ1v) is 7.12. The summed E-state index contributed by atoms with van der Waals surface area (Å²) in [5.41, 5.74) is 0. The van der Waals surface area contributed by atoms with E-state index >= 15 is 0 Å². The summed E-state index contributed by atoms with van der Waals surface area (Å²) in [5.74, 6) is 0.392. The third-order valence-corrected chi connectivity index (χ3v) is 3.35. The summed E-state index contributed by atoms with van der Waals surface area (Å²) in [5, 5.41) is 7.05. The van der Waals surface area contributed by atoms with Gasteiger partial charge in [-0.3, -0.25) is 4.57 Å². The van der Waals surface area contributed by atoms with Crippen LogP contribution in [-0.2, 0) is 25.1 Å². The fourth-order valence-corrected chi connectivity index (χ4v) is 2.21. The minimum Gasteiger partial charge on any atom is -0.383 e. The molecule has 1 aromatic rings. The van der Waals surface area contributed by atoms with Crippen molar-refractivity contribution in [2.45, 2.75) is 24.7 Å². The summed E-state index contributed by atoms with van der Waals surface area (Å²) in [7, 11) is 4.34.